The fourth-order valence-electron chi connectivity index (χ4n) is 2.26. The van der Waals surface area contributed by atoms with E-state index in [4.69, 9.17) is 9.15 Å². The Bertz CT molecular complexity index is 649. The summed E-state index contributed by atoms with van der Waals surface area (Å²) in [5.41, 5.74) is 1.33. The number of hydrogen-bond acceptors (Lipinski definition) is 4. The Labute approximate surface area is 135 Å². The van der Waals surface area contributed by atoms with Crippen LogP contribution in [0.4, 0.5) is 10.5 Å². The van der Waals surface area contributed by atoms with Gasteiger partial charge in [-0.25, -0.2) is 4.79 Å². The summed E-state index contributed by atoms with van der Waals surface area (Å²) in [6, 6.07) is 8.46. The summed E-state index contributed by atoms with van der Waals surface area (Å²) in [6.45, 7) is 6.20. The summed E-state index contributed by atoms with van der Waals surface area (Å²) < 4.78 is 10.7. The second kappa shape index (κ2) is 7.69. The molecule has 1 aromatic carbocycles. The Hall–Kier alpha value is -2.47. The number of benzene rings is 1. The molecule has 6 heteroatoms. The summed E-state index contributed by atoms with van der Waals surface area (Å²) in [5.74, 6) is 2.14. The number of amides is 2. The van der Waals surface area contributed by atoms with Crippen LogP contribution in [0, 0.1) is 13.8 Å². The Morgan fingerprint density at radius 2 is 2.00 bits per heavy atom. The van der Waals surface area contributed by atoms with Crippen LogP contribution < -0.4 is 15.4 Å². The lowest BCUT2D eigenvalue weighted by Crippen LogP contribution is -2.32. The van der Waals surface area contributed by atoms with Gasteiger partial charge in [0.1, 0.15) is 17.3 Å². The number of nitrogens with one attached hydrogen (secondary N) is 2. The maximum Gasteiger partial charge on any atom is 0.319 e. The van der Waals surface area contributed by atoms with E-state index in [1.807, 2.05) is 13.8 Å². The fraction of sp³-hybridized carbons (Fsp3) is 0.353. The van der Waals surface area contributed by atoms with E-state index < -0.39 is 6.10 Å². The summed E-state index contributed by atoms with van der Waals surface area (Å²) in [5, 5.41) is 15.4. The van der Waals surface area contributed by atoms with Gasteiger partial charge < -0.3 is 24.9 Å². The van der Waals surface area contributed by atoms with Crippen molar-refractivity contribution in [2.24, 2.45) is 0 Å². The summed E-state index contributed by atoms with van der Waals surface area (Å²) in [6.07, 6.45) is -0.807. The predicted octanol–water partition coefficient (Wildman–Crippen LogP) is 3.15. The third-order valence-electron chi connectivity index (χ3n) is 3.32. The topological polar surface area (TPSA) is 83.7 Å². The summed E-state index contributed by atoms with van der Waals surface area (Å²) in [7, 11) is 0. The average Bonchev–Trinajstić information content (AvgIpc) is 2.86. The first kappa shape index (κ1) is 16.9. The first-order valence-electron chi connectivity index (χ1n) is 7.52. The Kier molecular flexibility index (Phi) is 5.65. The number of ether oxygens (including phenoxy) is 1. The second-order valence-electron chi connectivity index (χ2n) is 5.18. The Morgan fingerprint density at radius 1 is 1.30 bits per heavy atom. The number of carbonyl (C=O) groups is 1. The zero-order valence-corrected chi connectivity index (χ0v) is 13.6. The zero-order chi connectivity index (χ0) is 16.8. The number of carbonyl (C=O) groups excluding carboxylic acids is 1. The van der Waals surface area contributed by atoms with Crippen molar-refractivity contribution in [1.29, 1.82) is 0 Å². The van der Waals surface area contributed by atoms with E-state index in [1.54, 1.807) is 37.3 Å². The van der Waals surface area contributed by atoms with E-state index in [0.29, 0.717) is 23.6 Å². The predicted molar refractivity (Wildman–Crippen MR) is 87.8 cm³/mol. The molecule has 23 heavy (non-hydrogen) atoms. The fourth-order valence-corrected chi connectivity index (χ4v) is 2.26. The molecule has 124 valence electrons. The van der Waals surface area contributed by atoms with Crippen LogP contribution in [0.15, 0.2) is 34.7 Å². The average molecular weight is 318 g/mol. The molecule has 0 spiro atoms. The number of furan rings is 1. The molecule has 0 aliphatic rings. The lowest BCUT2D eigenvalue weighted by Gasteiger charge is -2.12. The molecule has 6 nitrogen and oxygen atoms in total. The van der Waals surface area contributed by atoms with Crippen LogP contribution in [0.2, 0.25) is 0 Å². The molecule has 0 radical (unpaired) electrons. The van der Waals surface area contributed by atoms with E-state index >= 15 is 0 Å². The monoisotopic (exact) mass is 318 g/mol. The third kappa shape index (κ3) is 4.75. The molecule has 1 heterocycles. The lowest BCUT2D eigenvalue weighted by molar-refractivity contribution is 0.173. The molecule has 2 rings (SSSR count). The molecular weight excluding hydrogens is 296 g/mol. The van der Waals surface area contributed by atoms with Crippen LogP contribution in [0.3, 0.4) is 0 Å². The molecule has 1 unspecified atom stereocenters. The molecule has 0 aliphatic carbocycles. The molecule has 0 aliphatic heterocycles. The van der Waals surface area contributed by atoms with Crippen LogP contribution in [-0.4, -0.2) is 24.3 Å². The van der Waals surface area contributed by atoms with Gasteiger partial charge in [-0.15, -0.1) is 0 Å². The first-order valence-corrected chi connectivity index (χ1v) is 7.52. The molecule has 0 fully saturated rings. The molecule has 2 amide bonds. The highest BCUT2D eigenvalue weighted by atomic mass is 16.5. The van der Waals surface area contributed by atoms with Crippen molar-refractivity contribution in [3.63, 3.8) is 0 Å². The molecule has 0 bridgehead atoms. The van der Waals surface area contributed by atoms with Crippen LogP contribution in [0.25, 0.3) is 0 Å². The maximum atomic E-state index is 11.9. The molecule has 3 N–H and O–H groups in total. The highest BCUT2D eigenvalue weighted by molar-refractivity contribution is 5.89. The van der Waals surface area contributed by atoms with Crippen LogP contribution >= 0.6 is 0 Å². The highest BCUT2D eigenvalue weighted by Gasteiger charge is 2.15. The van der Waals surface area contributed by atoms with Gasteiger partial charge in [0.25, 0.3) is 0 Å². The molecule has 2 aromatic rings. The number of hydrogen-bond donors (Lipinski definition) is 3. The number of urea groups is 1. The van der Waals surface area contributed by atoms with Crippen molar-refractivity contribution in [1.82, 2.24) is 5.32 Å². The van der Waals surface area contributed by atoms with Crippen molar-refractivity contribution in [3.05, 3.63) is 47.4 Å². The van der Waals surface area contributed by atoms with Gasteiger partial charge in [-0.05, 0) is 51.1 Å². The van der Waals surface area contributed by atoms with E-state index in [2.05, 4.69) is 10.6 Å². The molecule has 0 saturated heterocycles. The van der Waals surface area contributed by atoms with Crippen molar-refractivity contribution in [2.45, 2.75) is 26.9 Å². The zero-order valence-electron chi connectivity index (χ0n) is 13.6. The summed E-state index contributed by atoms with van der Waals surface area (Å²) >= 11 is 0. The van der Waals surface area contributed by atoms with E-state index in [1.165, 1.54) is 0 Å². The SMILES string of the molecule is CCOc1ccc(NC(=O)NCC(O)c2cc(C)oc2C)cc1. The highest BCUT2D eigenvalue weighted by Crippen LogP contribution is 2.21. The van der Waals surface area contributed by atoms with Crippen LogP contribution in [0.5, 0.6) is 5.75 Å². The van der Waals surface area contributed by atoms with E-state index in [-0.39, 0.29) is 12.6 Å². The third-order valence-corrected chi connectivity index (χ3v) is 3.32. The van der Waals surface area contributed by atoms with Gasteiger partial charge in [0.15, 0.2) is 0 Å². The molecule has 1 atom stereocenters. The number of aliphatic hydroxyl groups is 1. The number of rotatable bonds is 6. The van der Waals surface area contributed by atoms with Gasteiger partial charge in [-0.3, -0.25) is 0 Å². The molecule has 1 aromatic heterocycles. The van der Waals surface area contributed by atoms with Gasteiger partial charge in [0.2, 0.25) is 0 Å². The van der Waals surface area contributed by atoms with Crippen molar-refractivity contribution >= 4 is 11.7 Å². The Morgan fingerprint density at radius 3 is 2.57 bits per heavy atom. The summed E-state index contributed by atoms with van der Waals surface area (Å²) in [4.78, 5) is 11.9. The minimum absolute atomic E-state index is 0.0999. The standard InChI is InChI=1S/C17H22N2O4/c1-4-22-14-7-5-13(6-8-14)19-17(21)18-10-16(20)15-9-11(2)23-12(15)3/h5-9,16,20H,4,10H2,1-3H3,(H2,18,19,21). The smallest absolute Gasteiger partial charge is 0.319 e. The maximum absolute atomic E-state index is 11.9. The van der Waals surface area contributed by atoms with Gasteiger partial charge in [-0.2, -0.15) is 0 Å². The number of aryl methyl sites for hydroxylation is 2. The first-order chi connectivity index (χ1) is 11.0. The van der Waals surface area contributed by atoms with Gasteiger partial charge in [0, 0.05) is 17.8 Å². The van der Waals surface area contributed by atoms with E-state index in [9.17, 15) is 9.90 Å². The number of aliphatic hydroxyl groups excluding tert-OH is 1. The van der Waals surface area contributed by atoms with Crippen LogP contribution in [-0.2, 0) is 0 Å². The normalized spacial score (nSPS) is 11.8. The van der Waals surface area contributed by atoms with Crippen molar-refractivity contribution < 1.29 is 19.1 Å². The van der Waals surface area contributed by atoms with Crippen molar-refractivity contribution in [2.75, 3.05) is 18.5 Å². The number of anilines is 1. The van der Waals surface area contributed by atoms with E-state index in [0.717, 1.165) is 11.5 Å². The van der Waals surface area contributed by atoms with Crippen molar-refractivity contribution in [3.8, 4) is 5.75 Å². The van der Waals surface area contributed by atoms with Gasteiger partial charge in [0.05, 0.1) is 12.7 Å². The minimum atomic E-state index is -0.807. The second-order valence-corrected chi connectivity index (χ2v) is 5.18. The molecular formula is C17H22N2O4. The van der Waals surface area contributed by atoms with Crippen LogP contribution in [0.1, 0.15) is 30.1 Å². The quantitative estimate of drug-likeness (QED) is 0.764. The minimum Gasteiger partial charge on any atom is -0.494 e. The van der Waals surface area contributed by atoms with Gasteiger partial charge >= 0.3 is 6.03 Å². The lowest BCUT2D eigenvalue weighted by atomic mass is 10.1. The molecule has 0 saturated carbocycles. The van der Waals surface area contributed by atoms with Gasteiger partial charge in [-0.1, -0.05) is 0 Å². The Balaban J connectivity index is 1.83. The largest absolute Gasteiger partial charge is 0.494 e.